The molecule has 3 atom stereocenters. The van der Waals surface area contributed by atoms with Gasteiger partial charge in [-0.2, -0.15) is 0 Å². The van der Waals surface area contributed by atoms with Crippen molar-refractivity contribution in [2.75, 3.05) is 25.1 Å². The van der Waals surface area contributed by atoms with E-state index in [1.165, 1.54) is 12.7 Å². The predicted octanol–water partition coefficient (Wildman–Crippen LogP) is 0.882. The van der Waals surface area contributed by atoms with Gasteiger partial charge in [-0.1, -0.05) is 13.3 Å². The Kier molecular flexibility index (Phi) is 5.41. The quantitative estimate of drug-likeness (QED) is 0.799. The monoisotopic (exact) mass is 262 g/mol. The molecule has 1 rings (SSSR count). The van der Waals surface area contributed by atoms with E-state index in [9.17, 15) is 8.42 Å². The molecule has 0 aromatic carbocycles. The van der Waals surface area contributed by atoms with E-state index in [0.29, 0.717) is 12.1 Å². The fourth-order valence-corrected chi connectivity index (χ4v) is 3.71. The summed E-state index contributed by atoms with van der Waals surface area (Å²) in [4.78, 5) is 2.33. The van der Waals surface area contributed by atoms with E-state index in [1.807, 2.05) is 6.92 Å². The van der Waals surface area contributed by atoms with Crippen LogP contribution in [0.25, 0.3) is 0 Å². The zero-order valence-electron chi connectivity index (χ0n) is 11.4. The molecule has 1 fully saturated rings. The molecule has 0 amide bonds. The van der Waals surface area contributed by atoms with Gasteiger partial charge in [0.05, 0.1) is 5.75 Å². The molecule has 0 aromatic rings. The van der Waals surface area contributed by atoms with Gasteiger partial charge in [0, 0.05) is 37.5 Å². The molecule has 4 nitrogen and oxygen atoms in total. The Morgan fingerprint density at radius 2 is 2.12 bits per heavy atom. The molecule has 1 aliphatic heterocycles. The highest BCUT2D eigenvalue weighted by molar-refractivity contribution is 7.90. The van der Waals surface area contributed by atoms with Crippen LogP contribution in [0.15, 0.2) is 0 Å². The standard InChI is InChI=1S/C12H26N2O2S/c1-5-6-12-8-14(10(2)7-13-12)11(3)9-17(4,15)16/h10-13H,5-9H2,1-4H3. The molecule has 0 aromatic heterocycles. The van der Waals surface area contributed by atoms with Crippen molar-refractivity contribution in [1.82, 2.24) is 10.2 Å². The van der Waals surface area contributed by atoms with Crippen LogP contribution in [0.2, 0.25) is 0 Å². The fraction of sp³-hybridized carbons (Fsp3) is 1.00. The van der Waals surface area contributed by atoms with E-state index < -0.39 is 9.84 Å². The van der Waals surface area contributed by atoms with E-state index in [0.717, 1.165) is 19.5 Å². The van der Waals surface area contributed by atoms with Crippen molar-refractivity contribution in [2.45, 2.75) is 51.7 Å². The summed E-state index contributed by atoms with van der Waals surface area (Å²) < 4.78 is 22.7. The Morgan fingerprint density at radius 3 is 2.65 bits per heavy atom. The van der Waals surface area contributed by atoms with Crippen LogP contribution in [0.5, 0.6) is 0 Å². The molecule has 102 valence electrons. The first-order valence-corrected chi connectivity index (χ1v) is 8.56. The van der Waals surface area contributed by atoms with Crippen LogP contribution >= 0.6 is 0 Å². The second-order valence-electron chi connectivity index (χ2n) is 5.38. The highest BCUT2D eigenvalue weighted by Gasteiger charge is 2.29. The van der Waals surface area contributed by atoms with E-state index in [2.05, 4.69) is 24.1 Å². The lowest BCUT2D eigenvalue weighted by molar-refractivity contribution is 0.105. The lowest BCUT2D eigenvalue weighted by Crippen LogP contribution is -2.58. The summed E-state index contributed by atoms with van der Waals surface area (Å²) in [5.41, 5.74) is 0. The van der Waals surface area contributed by atoms with Gasteiger partial charge in [-0.25, -0.2) is 8.42 Å². The number of sulfone groups is 1. The van der Waals surface area contributed by atoms with Crippen LogP contribution in [0.1, 0.15) is 33.6 Å². The van der Waals surface area contributed by atoms with E-state index in [-0.39, 0.29) is 11.8 Å². The van der Waals surface area contributed by atoms with Gasteiger partial charge >= 0.3 is 0 Å². The molecule has 0 spiro atoms. The summed E-state index contributed by atoms with van der Waals surface area (Å²) >= 11 is 0. The van der Waals surface area contributed by atoms with Crippen LogP contribution in [0, 0.1) is 0 Å². The summed E-state index contributed by atoms with van der Waals surface area (Å²) in [5.74, 6) is 0.260. The maximum absolute atomic E-state index is 11.4. The SMILES string of the molecule is CCCC1CN(C(C)CS(C)(=O)=O)C(C)CN1. The number of hydrogen-bond donors (Lipinski definition) is 1. The Balaban J connectivity index is 2.60. The van der Waals surface area contributed by atoms with Gasteiger partial charge in [-0.15, -0.1) is 0 Å². The van der Waals surface area contributed by atoms with Crippen LogP contribution in [0.4, 0.5) is 0 Å². The van der Waals surface area contributed by atoms with Crippen LogP contribution < -0.4 is 5.32 Å². The number of hydrogen-bond acceptors (Lipinski definition) is 4. The average Bonchev–Trinajstić information content (AvgIpc) is 2.18. The van der Waals surface area contributed by atoms with Gasteiger partial charge < -0.3 is 5.32 Å². The minimum Gasteiger partial charge on any atom is -0.311 e. The van der Waals surface area contributed by atoms with Gasteiger partial charge in [-0.05, 0) is 20.3 Å². The normalized spacial score (nSPS) is 29.2. The van der Waals surface area contributed by atoms with Crippen molar-refractivity contribution in [3.8, 4) is 0 Å². The van der Waals surface area contributed by atoms with Gasteiger partial charge in [0.15, 0.2) is 0 Å². The molecule has 5 heteroatoms. The lowest BCUT2D eigenvalue weighted by atomic mass is 10.0. The van der Waals surface area contributed by atoms with Crippen molar-refractivity contribution < 1.29 is 8.42 Å². The zero-order chi connectivity index (χ0) is 13.1. The first kappa shape index (κ1) is 14.9. The Morgan fingerprint density at radius 1 is 1.47 bits per heavy atom. The van der Waals surface area contributed by atoms with E-state index in [4.69, 9.17) is 0 Å². The van der Waals surface area contributed by atoms with Gasteiger partial charge in [0.1, 0.15) is 9.84 Å². The smallest absolute Gasteiger partial charge is 0.148 e. The summed E-state index contributed by atoms with van der Waals surface area (Å²) in [6.45, 7) is 8.29. The topological polar surface area (TPSA) is 49.4 Å². The summed E-state index contributed by atoms with van der Waals surface area (Å²) in [6.07, 6.45) is 3.65. The van der Waals surface area contributed by atoms with Gasteiger partial charge in [0.2, 0.25) is 0 Å². The summed E-state index contributed by atoms with van der Waals surface area (Å²) in [5, 5.41) is 3.53. The molecule has 0 saturated carbocycles. The molecule has 0 radical (unpaired) electrons. The maximum atomic E-state index is 11.4. The van der Waals surface area contributed by atoms with Gasteiger partial charge in [0.25, 0.3) is 0 Å². The van der Waals surface area contributed by atoms with Crippen molar-refractivity contribution in [1.29, 1.82) is 0 Å². The second kappa shape index (κ2) is 6.16. The molecule has 3 unspecified atom stereocenters. The van der Waals surface area contributed by atoms with Crippen LogP contribution in [-0.4, -0.2) is 56.5 Å². The number of rotatable bonds is 5. The third-order valence-corrected chi connectivity index (χ3v) is 4.53. The molecule has 1 saturated heterocycles. The highest BCUT2D eigenvalue weighted by Crippen LogP contribution is 2.14. The first-order chi connectivity index (χ1) is 7.83. The summed E-state index contributed by atoms with van der Waals surface area (Å²) in [6, 6.07) is 1.04. The summed E-state index contributed by atoms with van der Waals surface area (Å²) in [7, 11) is -2.89. The third-order valence-electron chi connectivity index (χ3n) is 3.45. The fourth-order valence-electron chi connectivity index (χ4n) is 2.64. The van der Waals surface area contributed by atoms with E-state index in [1.54, 1.807) is 0 Å². The molecule has 0 aliphatic carbocycles. The number of nitrogens with zero attached hydrogens (tertiary/aromatic N) is 1. The van der Waals surface area contributed by atoms with E-state index >= 15 is 0 Å². The van der Waals surface area contributed by atoms with Crippen LogP contribution in [0.3, 0.4) is 0 Å². The third kappa shape index (κ3) is 4.94. The second-order valence-corrected chi connectivity index (χ2v) is 7.57. The zero-order valence-corrected chi connectivity index (χ0v) is 12.3. The Hall–Kier alpha value is -0.130. The molecule has 1 aliphatic rings. The number of piperazine rings is 1. The van der Waals surface area contributed by atoms with Gasteiger partial charge in [-0.3, -0.25) is 4.90 Å². The average molecular weight is 262 g/mol. The molecule has 17 heavy (non-hydrogen) atoms. The minimum absolute atomic E-state index is 0.112. The van der Waals surface area contributed by atoms with Crippen molar-refractivity contribution in [2.24, 2.45) is 0 Å². The van der Waals surface area contributed by atoms with Crippen molar-refractivity contribution in [3.05, 3.63) is 0 Å². The van der Waals surface area contributed by atoms with Crippen LogP contribution in [-0.2, 0) is 9.84 Å². The lowest BCUT2D eigenvalue weighted by Gasteiger charge is -2.42. The first-order valence-electron chi connectivity index (χ1n) is 6.50. The highest BCUT2D eigenvalue weighted by atomic mass is 32.2. The largest absolute Gasteiger partial charge is 0.311 e. The molecule has 1 heterocycles. The molecular formula is C12H26N2O2S. The Bertz CT molecular complexity index is 329. The Labute approximate surface area is 106 Å². The number of nitrogens with one attached hydrogen (secondary N) is 1. The predicted molar refractivity (Wildman–Crippen MR) is 72.0 cm³/mol. The maximum Gasteiger partial charge on any atom is 0.148 e. The molecule has 0 bridgehead atoms. The van der Waals surface area contributed by atoms with Crippen molar-refractivity contribution in [3.63, 3.8) is 0 Å². The molecular weight excluding hydrogens is 236 g/mol. The van der Waals surface area contributed by atoms with Crippen molar-refractivity contribution >= 4 is 9.84 Å². The molecule has 1 N–H and O–H groups in total. The minimum atomic E-state index is -2.89.